The number of fused-ring (bicyclic) bond motifs is 2. The summed E-state index contributed by atoms with van der Waals surface area (Å²) in [7, 11) is -3.62. The number of anilines is 2. The Hall–Kier alpha value is -3.36. The van der Waals surface area contributed by atoms with Crippen LogP contribution in [-0.2, 0) is 23.0 Å². The standard InChI is InChI=1S/C25H23N3O3S2/c29-25(26-17-20-8-3-7-18-6-1-2-10-22(18)20)27-21-13-12-19-9-4-14-28(23(19)16-21)33(30,31)24-11-5-15-32-24/h1-3,5-8,10-13,15-16H,4,9,14,17H2,(H2,26,27,29). The van der Waals surface area contributed by atoms with E-state index >= 15 is 0 Å². The van der Waals surface area contributed by atoms with Crippen LogP contribution in [0.3, 0.4) is 0 Å². The van der Waals surface area contributed by atoms with Crippen LogP contribution in [0.1, 0.15) is 17.5 Å². The van der Waals surface area contributed by atoms with Crippen LogP contribution in [0.2, 0.25) is 0 Å². The van der Waals surface area contributed by atoms with Crippen LogP contribution in [0.15, 0.2) is 82.4 Å². The highest BCUT2D eigenvalue weighted by Gasteiger charge is 2.30. The maximum atomic E-state index is 13.1. The van der Waals surface area contributed by atoms with E-state index in [0.717, 1.165) is 34.7 Å². The number of urea groups is 1. The first-order valence-corrected chi connectivity index (χ1v) is 13.0. The van der Waals surface area contributed by atoms with E-state index < -0.39 is 10.0 Å². The van der Waals surface area contributed by atoms with Crippen molar-refractivity contribution in [2.24, 2.45) is 0 Å². The number of benzene rings is 3. The van der Waals surface area contributed by atoms with Gasteiger partial charge in [-0.3, -0.25) is 4.31 Å². The van der Waals surface area contributed by atoms with E-state index in [9.17, 15) is 13.2 Å². The molecule has 2 amide bonds. The Bertz CT molecular complexity index is 1410. The van der Waals surface area contributed by atoms with Gasteiger partial charge in [-0.1, -0.05) is 54.6 Å². The molecular weight excluding hydrogens is 454 g/mol. The van der Waals surface area contributed by atoms with Crippen molar-refractivity contribution < 1.29 is 13.2 Å². The van der Waals surface area contributed by atoms with Crippen molar-refractivity contribution in [3.63, 3.8) is 0 Å². The zero-order valence-corrected chi connectivity index (χ0v) is 19.5. The lowest BCUT2D eigenvalue weighted by molar-refractivity contribution is 0.252. The summed E-state index contributed by atoms with van der Waals surface area (Å²) in [5, 5.41) is 9.74. The Balaban J connectivity index is 1.33. The molecular formula is C25H23N3O3S2. The van der Waals surface area contributed by atoms with Gasteiger partial charge in [0.1, 0.15) is 4.21 Å². The maximum Gasteiger partial charge on any atom is 0.319 e. The normalized spacial score (nSPS) is 13.5. The molecule has 3 aromatic carbocycles. The van der Waals surface area contributed by atoms with Crippen molar-refractivity contribution >= 4 is 49.5 Å². The van der Waals surface area contributed by atoms with Gasteiger partial charge in [-0.05, 0) is 58.3 Å². The van der Waals surface area contributed by atoms with Gasteiger partial charge < -0.3 is 10.6 Å². The van der Waals surface area contributed by atoms with E-state index in [2.05, 4.69) is 10.6 Å². The van der Waals surface area contributed by atoms with Crippen LogP contribution in [-0.4, -0.2) is 21.0 Å². The number of nitrogens with one attached hydrogen (secondary N) is 2. The summed E-state index contributed by atoms with van der Waals surface area (Å²) in [6, 6.07) is 22.5. The summed E-state index contributed by atoms with van der Waals surface area (Å²) in [5.74, 6) is 0. The van der Waals surface area contributed by atoms with E-state index in [1.807, 2.05) is 54.6 Å². The van der Waals surface area contributed by atoms with E-state index in [0.29, 0.717) is 28.7 Å². The fourth-order valence-electron chi connectivity index (χ4n) is 4.18. The molecule has 2 N–H and O–H groups in total. The molecule has 0 atom stereocenters. The quantitative estimate of drug-likeness (QED) is 0.406. The third-order valence-electron chi connectivity index (χ3n) is 5.78. The minimum absolute atomic E-state index is 0.321. The van der Waals surface area contributed by atoms with Crippen molar-refractivity contribution in [2.75, 3.05) is 16.2 Å². The molecule has 1 aliphatic heterocycles. The summed E-state index contributed by atoms with van der Waals surface area (Å²) in [4.78, 5) is 12.6. The molecule has 0 aliphatic carbocycles. The number of thiophene rings is 1. The number of carbonyl (C=O) groups excluding carboxylic acids is 1. The van der Waals surface area contributed by atoms with Crippen LogP contribution in [0.4, 0.5) is 16.2 Å². The largest absolute Gasteiger partial charge is 0.334 e. The van der Waals surface area contributed by atoms with E-state index in [1.165, 1.54) is 15.6 Å². The summed E-state index contributed by atoms with van der Waals surface area (Å²) < 4.78 is 28.1. The lowest BCUT2D eigenvalue weighted by atomic mass is 10.0. The zero-order valence-electron chi connectivity index (χ0n) is 17.8. The Kier molecular flexibility index (Phi) is 5.78. The number of nitrogens with zero attached hydrogens (tertiary/aromatic N) is 1. The Morgan fingerprint density at radius 2 is 1.85 bits per heavy atom. The molecule has 0 bridgehead atoms. The van der Waals surface area contributed by atoms with E-state index in [1.54, 1.807) is 23.6 Å². The van der Waals surface area contributed by atoms with Gasteiger partial charge in [-0.15, -0.1) is 11.3 Å². The van der Waals surface area contributed by atoms with Crippen molar-refractivity contribution in [3.8, 4) is 0 Å². The van der Waals surface area contributed by atoms with Crippen molar-refractivity contribution in [3.05, 3.63) is 89.3 Å². The molecule has 0 spiro atoms. The van der Waals surface area contributed by atoms with E-state index in [-0.39, 0.29) is 6.03 Å². The summed E-state index contributed by atoms with van der Waals surface area (Å²) >= 11 is 1.21. The smallest absolute Gasteiger partial charge is 0.319 e. The lowest BCUT2D eigenvalue weighted by Gasteiger charge is -2.30. The highest BCUT2D eigenvalue weighted by molar-refractivity contribution is 7.94. The lowest BCUT2D eigenvalue weighted by Crippen LogP contribution is -2.35. The van der Waals surface area contributed by atoms with Gasteiger partial charge >= 0.3 is 6.03 Å². The summed E-state index contributed by atoms with van der Waals surface area (Å²) in [6.45, 7) is 0.807. The number of aryl methyl sites for hydroxylation is 1. The Morgan fingerprint density at radius 1 is 1.00 bits per heavy atom. The molecule has 1 aliphatic rings. The van der Waals surface area contributed by atoms with Gasteiger partial charge in [0.25, 0.3) is 10.0 Å². The fraction of sp³-hybridized carbons (Fsp3) is 0.160. The second-order valence-corrected chi connectivity index (χ2v) is 10.9. The number of sulfonamides is 1. The number of hydrogen-bond acceptors (Lipinski definition) is 4. The van der Waals surface area contributed by atoms with Gasteiger partial charge in [0, 0.05) is 18.8 Å². The average Bonchev–Trinajstić information content (AvgIpc) is 3.38. The molecule has 1 aromatic heterocycles. The summed E-state index contributed by atoms with van der Waals surface area (Å²) in [6.07, 6.45) is 1.56. The monoisotopic (exact) mass is 477 g/mol. The van der Waals surface area contributed by atoms with Crippen molar-refractivity contribution in [1.29, 1.82) is 0 Å². The van der Waals surface area contributed by atoms with E-state index in [4.69, 9.17) is 0 Å². The number of carbonyl (C=O) groups is 1. The SMILES string of the molecule is O=C(NCc1cccc2ccccc12)Nc1ccc2c(c1)N(S(=O)(=O)c1cccs1)CCC2. The van der Waals surface area contributed by atoms with Crippen LogP contribution in [0, 0.1) is 0 Å². The maximum absolute atomic E-state index is 13.1. The predicted octanol–water partition coefficient (Wildman–Crippen LogP) is 5.36. The third kappa shape index (κ3) is 4.31. The van der Waals surface area contributed by atoms with Crippen molar-refractivity contribution in [1.82, 2.24) is 5.32 Å². The number of hydrogen-bond donors (Lipinski definition) is 2. The molecule has 168 valence electrons. The molecule has 5 rings (SSSR count). The Labute approximate surface area is 196 Å². The zero-order chi connectivity index (χ0) is 22.8. The average molecular weight is 478 g/mol. The summed E-state index contributed by atoms with van der Waals surface area (Å²) in [5.41, 5.74) is 3.17. The fourth-order valence-corrected chi connectivity index (χ4v) is 6.82. The molecule has 8 heteroatoms. The number of amides is 2. The predicted molar refractivity (Wildman–Crippen MR) is 133 cm³/mol. The van der Waals surface area contributed by atoms with Gasteiger partial charge in [0.15, 0.2) is 0 Å². The molecule has 0 fully saturated rings. The highest BCUT2D eigenvalue weighted by atomic mass is 32.2. The molecule has 4 aromatic rings. The molecule has 0 unspecified atom stereocenters. The molecule has 0 radical (unpaired) electrons. The van der Waals surface area contributed by atoms with Crippen molar-refractivity contribution in [2.45, 2.75) is 23.6 Å². The van der Waals surface area contributed by atoms with Gasteiger partial charge in [-0.2, -0.15) is 0 Å². The molecule has 0 saturated carbocycles. The third-order valence-corrected chi connectivity index (χ3v) is 8.96. The minimum Gasteiger partial charge on any atom is -0.334 e. The molecule has 33 heavy (non-hydrogen) atoms. The van der Waals surface area contributed by atoms with Crippen LogP contribution >= 0.6 is 11.3 Å². The van der Waals surface area contributed by atoms with Crippen LogP contribution in [0.5, 0.6) is 0 Å². The first-order chi connectivity index (χ1) is 16.0. The molecule has 2 heterocycles. The van der Waals surface area contributed by atoms with Gasteiger partial charge in [0.05, 0.1) is 5.69 Å². The second-order valence-electron chi connectivity index (χ2n) is 7.90. The molecule has 6 nitrogen and oxygen atoms in total. The first kappa shape index (κ1) is 21.5. The highest BCUT2D eigenvalue weighted by Crippen LogP contribution is 2.35. The van der Waals surface area contributed by atoms with Crippen LogP contribution in [0.25, 0.3) is 10.8 Å². The van der Waals surface area contributed by atoms with Gasteiger partial charge in [-0.25, -0.2) is 13.2 Å². The topological polar surface area (TPSA) is 78.5 Å². The van der Waals surface area contributed by atoms with Gasteiger partial charge in [0.2, 0.25) is 0 Å². The van der Waals surface area contributed by atoms with Crippen LogP contribution < -0.4 is 14.9 Å². The molecule has 0 saturated heterocycles. The minimum atomic E-state index is -3.62. The Morgan fingerprint density at radius 3 is 2.70 bits per heavy atom. The first-order valence-electron chi connectivity index (χ1n) is 10.7. The second kappa shape index (κ2) is 8.88. The number of rotatable bonds is 5.